The van der Waals surface area contributed by atoms with Gasteiger partial charge in [-0.1, -0.05) is 0 Å². The third kappa shape index (κ3) is 4.54. The highest BCUT2D eigenvalue weighted by Gasteiger charge is 2.34. The Morgan fingerprint density at radius 3 is 2.79 bits per heavy atom. The van der Waals surface area contributed by atoms with Gasteiger partial charge in [0.2, 0.25) is 5.91 Å². The molecule has 28 heavy (non-hydrogen) atoms. The summed E-state index contributed by atoms with van der Waals surface area (Å²) in [5.41, 5.74) is 1.89. The Kier molecular flexibility index (Phi) is 5.92. The smallest absolute Gasteiger partial charge is 0.229 e. The number of anilines is 1. The topological polar surface area (TPSA) is 77.4 Å². The van der Waals surface area contributed by atoms with Crippen molar-refractivity contribution in [3.63, 3.8) is 0 Å². The number of carbonyl (C=O) groups is 1. The van der Waals surface area contributed by atoms with Gasteiger partial charge >= 0.3 is 0 Å². The van der Waals surface area contributed by atoms with Crippen molar-refractivity contribution in [3.05, 3.63) is 42.2 Å². The monoisotopic (exact) mass is 384 g/mol. The number of hydrogen-bond acceptors (Lipinski definition) is 5. The predicted molar refractivity (Wildman–Crippen MR) is 106 cm³/mol. The lowest BCUT2D eigenvalue weighted by atomic mass is 9.90. The summed E-state index contributed by atoms with van der Waals surface area (Å²) >= 11 is 0. The van der Waals surface area contributed by atoms with Gasteiger partial charge in [0.25, 0.3) is 0 Å². The molecule has 150 valence electrons. The minimum atomic E-state index is -0.103. The molecule has 2 atom stereocenters. The Labute approximate surface area is 165 Å². The van der Waals surface area contributed by atoms with E-state index >= 15 is 0 Å². The molecule has 2 N–H and O–H groups in total. The van der Waals surface area contributed by atoms with E-state index in [1.54, 1.807) is 4.68 Å². The summed E-state index contributed by atoms with van der Waals surface area (Å²) in [7, 11) is 1.90. The number of carbonyl (C=O) groups excluding carboxylic acids is 1. The largest absolute Gasteiger partial charge is 0.493 e. The number of hydrogen-bond donors (Lipinski definition) is 2. The molecule has 3 heterocycles. The van der Waals surface area contributed by atoms with Gasteiger partial charge in [-0.15, -0.1) is 0 Å². The van der Waals surface area contributed by atoms with E-state index in [0.29, 0.717) is 12.5 Å². The van der Waals surface area contributed by atoms with E-state index in [0.717, 1.165) is 56.2 Å². The van der Waals surface area contributed by atoms with Crippen LogP contribution in [0.15, 0.2) is 36.7 Å². The van der Waals surface area contributed by atoms with Crippen LogP contribution < -0.4 is 15.4 Å². The van der Waals surface area contributed by atoms with Crippen LogP contribution >= 0.6 is 0 Å². The van der Waals surface area contributed by atoms with Crippen LogP contribution in [0.2, 0.25) is 0 Å². The summed E-state index contributed by atoms with van der Waals surface area (Å²) in [5, 5.41) is 10.6. The number of aryl methyl sites for hydroxylation is 1. The van der Waals surface area contributed by atoms with Crippen molar-refractivity contribution >= 4 is 11.6 Å². The summed E-state index contributed by atoms with van der Waals surface area (Å²) < 4.78 is 13.1. The van der Waals surface area contributed by atoms with Crippen LogP contribution in [0.5, 0.6) is 5.75 Å². The summed E-state index contributed by atoms with van der Waals surface area (Å²) in [4.78, 5) is 12.8. The fourth-order valence-corrected chi connectivity index (χ4v) is 3.93. The van der Waals surface area contributed by atoms with Gasteiger partial charge in [-0.3, -0.25) is 9.48 Å². The Morgan fingerprint density at radius 1 is 1.29 bits per heavy atom. The average molecular weight is 384 g/mol. The standard InChI is InChI=1S/C21H28N4O3/c1-25-13-16(10-23-25)19-11-22-12-20(19)21(26)24-17-2-4-18(5-3-17)28-14-15-6-8-27-9-7-15/h2-5,10,13,15,19-20,22H,6-9,11-12,14H2,1H3,(H,24,26)/t19-,20+/m1/s1. The zero-order chi connectivity index (χ0) is 19.3. The Morgan fingerprint density at radius 2 is 2.07 bits per heavy atom. The number of benzene rings is 1. The minimum Gasteiger partial charge on any atom is -0.493 e. The highest BCUT2D eigenvalue weighted by molar-refractivity contribution is 5.93. The van der Waals surface area contributed by atoms with Crippen LogP contribution in [0.3, 0.4) is 0 Å². The molecule has 2 fully saturated rings. The first kappa shape index (κ1) is 19.0. The van der Waals surface area contributed by atoms with E-state index in [1.165, 1.54) is 0 Å². The Balaban J connectivity index is 1.31. The van der Waals surface area contributed by atoms with Crippen LogP contribution in [-0.4, -0.2) is 48.6 Å². The molecule has 2 saturated heterocycles. The fourth-order valence-electron chi connectivity index (χ4n) is 3.93. The van der Waals surface area contributed by atoms with Crippen LogP contribution in [-0.2, 0) is 16.6 Å². The van der Waals surface area contributed by atoms with Crippen molar-refractivity contribution in [2.24, 2.45) is 18.9 Å². The SMILES string of the molecule is Cn1cc([C@H]2CNC[C@@H]2C(=O)Nc2ccc(OCC3CCOCC3)cc2)cn1. The number of nitrogens with one attached hydrogen (secondary N) is 2. The molecule has 0 saturated carbocycles. The summed E-state index contributed by atoms with van der Waals surface area (Å²) in [5.74, 6) is 1.48. The molecule has 0 unspecified atom stereocenters. The first-order chi connectivity index (χ1) is 13.7. The molecule has 1 aromatic heterocycles. The summed E-state index contributed by atoms with van der Waals surface area (Å²) in [6, 6.07) is 7.64. The molecule has 7 nitrogen and oxygen atoms in total. The zero-order valence-electron chi connectivity index (χ0n) is 16.3. The molecular weight excluding hydrogens is 356 g/mol. The molecule has 1 aromatic carbocycles. The van der Waals surface area contributed by atoms with E-state index in [-0.39, 0.29) is 17.7 Å². The third-order valence-electron chi connectivity index (χ3n) is 5.65. The molecule has 2 aliphatic rings. The molecule has 0 radical (unpaired) electrons. The Hall–Kier alpha value is -2.38. The molecular formula is C21H28N4O3. The van der Waals surface area contributed by atoms with Crippen molar-refractivity contribution in [1.82, 2.24) is 15.1 Å². The summed E-state index contributed by atoms with van der Waals surface area (Å²) in [6.45, 7) is 3.85. The molecule has 7 heteroatoms. The second kappa shape index (κ2) is 8.75. The van der Waals surface area contributed by atoms with Crippen molar-refractivity contribution < 1.29 is 14.3 Å². The maximum absolute atomic E-state index is 12.8. The second-order valence-corrected chi connectivity index (χ2v) is 7.70. The molecule has 0 bridgehead atoms. The van der Waals surface area contributed by atoms with Gasteiger partial charge in [0.15, 0.2) is 0 Å². The van der Waals surface area contributed by atoms with E-state index in [4.69, 9.17) is 9.47 Å². The number of amides is 1. The van der Waals surface area contributed by atoms with Crippen molar-refractivity contribution in [2.45, 2.75) is 18.8 Å². The van der Waals surface area contributed by atoms with Gasteiger partial charge in [0, 0.05) is 51.2 Å². The normalized spacial score (nSPS) is 22.9. The fraction of sp³-hybridized carbons (Fsp3) is 0.524. The van der Waals surface area contributed by atoms with Gasteiger partial charge in [0.1, 0.15) is 5.75 Å². The minimum absolute atomic E-state index is 0.0368. The van der Waals surface area contributed by atoms with Crippen molar-refractivity contribution in [2.75, 3.05) is 38.2 Å². The number of ether oxygens (including phenoxy) is 2. The van der Waals surface area contributed by atoms with Crippen molar-refractivity contribution in [1.29, 1.82) is 0 Å². The van der Waals surface area contributed by atoms with Gasteiger partial charge in [0.05, 0.1) is 18.7 Å². The first-order valence-electron chi connectivity index (χ1n) is 10.00. The molecule has 2 aliphatic heterocycles. The lowest BCUT2D eigenvalue weighted by Crippen LogP contribution is -2.28. The quantitative estimate of drug-likeness (QED) is 0.798. The van der Waals surface area contributed by atoms with Gasteiger partial charge in [-0.2, -0.15) is 5.10 Å². The summed E-state index contributed by atoms with van der Waals surface area (Å²) in [6.07, 6.45) is 5.95. The molecule has 0 aliphatic carbocycles. The average Bonchev–Trinajstić information content (AvgIpc) is 3.37. The van der Waals surface area contributed by atoms with E-state index in [9.17, 15) is 4.79 Å². The van der Waals surface area contributed by atoms with Crippen molar-refractivity contribution in [3.8, 4) is 5.75 Å². The lowest BCUT2D eigenvalue weighted by molar-refractivity contribution is -0.119. The lowest BCUT2D eigenvalue weighted by Gasteiger charge is -2.22. The highest BCUT2D eigenvalue weighted by Crippen LogP contribution is 2.29. The Bertz CT molecular complexity index is 783. The van der Waals surface area contributed by atoms with E-state index in [2.05, 4.69) is 15.7 Å². The molecule has 1 amide bonds. The predicted octanol–water partition coefficient (Wildman–Crippen LogP) is 2.17. The maximum atomic E-state index is 12.8. The second-order valence-electron chi connectivity index (χ2n) is 7.70. The molecule has 2 aromatic rings. The van der Waals surface area contributed by atoms with Gasteiger partial charge < -0.3 is 20.1 Å². The van der Waals surface area contributed by atoms with E-state index < -0.39 is 0 Å². The molecule has 4 rings (SSSR count). The maximum Gasteiger partial charge on any atom is 0.229 e. The van der Waals surface area contributed by atoms with E-state index in [1.807, 2.05) is 43.7 Å². The number of aromatic nitrogens is 2. The van der Waals surface area contributed by atoms with Gasteiger partial charge in [-0.05, 0) is 48.6 Å². The number of rotatable bonds is 6. The van der Waals surface area contributed by atoms with Crippen LogP contribution in [0, 0.1) is 11.8 Å². The van der Waals surface area contributed by atoms with Crippen LogP contribution in [0.4, 0.5) is 5.69 Å². The molecule has 0 spiro atoms. The van der Waals surface area contributed by atoms with Gasteiger partial charge in [-0.25, -0.2) is 0 Å². The number of nitrogens with zero attached hydrogens (tertiary/aromatic N) is 2. The highest BCUT2D eigenvalue weighted by atomic mass is 16.5. The third-order valence-corrected chi connectivity index (χ3v) is 5.65. The zero-order valence-corrected chi connectivity index (χ0v) is 16.3. The first-order valence-corrected chi connectivity index (χ1v) is 10.00. The van der Waals surface area contributed by atoms with Crippen LogP contribution in [0.25, 0.3) is 0 Å². The van der Waals surface area contributed by atoms with Crippen LogP contribution in [0.1, 0.15) is 24.3 Å².